The van der Waals surface area contributed by atoms with Crippen LogP contribution in [0.5, 0.6) is 0 Å². The van der Waals surface area contributed by atoms with E-state index in [9.17, 15) is 0 Å². The molecule has 1 fully saturated rings. The molecule has 1 rings (SSSR count). The van der Waals surface area contributed by atoms with Gasteiger partial charge in [0.15, 0.2) is 6.04 Å². The van der Waals surface area contributed by atoms with Crippen LogP contribution in [0, 0.1) is 12.3 Å². The third-order valence-electron chi connectivity index (χ3n) is 2.47. The van der Waals surface area contributed by atoms with Crippen LogP contribution in [0.1, 0.15) is 6.42 Å². The maximum atomic E-state index is 8.70. The van der Waals surface area contributed by atoms with Gasteiger partial charge in [-0.05, 0) is 5.92 Å². The van der Waals surface area contributed by atoms with Crippen LogP contribution in [0.15, 0.2) is 0 Å². The van der Waals surface area contributed by atoms with Crippen molar-refractivity contribution in [2.24, 2.45) is 0 Å². The zero-order valence-corrected chi connectivity index (χ0v) is 8.91. The molecule has 1 saturated heterocycles. The second-order valence-corrected chi connectivity index (χ2v) is 3.12. The number of aliphatic hydroxyl groups excluding tert-OH is 1. The summed E-state index contributed by atoms with van der Waals surface area (Å²) in [4.78, 5) is 0. The predicted molar refractivity (Wildman–Crippen MR) is 40.2 cm³/mol. The summed E-state index contributed by atoms with van der Waals surface area (Å²) in [7, 11) is 2.10. The van der Waals surface area contributed by atoms with Crippen molar-refractivity contribution >= 4 is 0 Å². The van der Waals surface area contributed by atoms with Crippen LogP contribution in [0.25, 0.3) is 0 Å². The number of hydrogen-bond donors (Lipinski definition) is 1. The Hall–Kier alpha value is 0.210. The Balaban J connectivity index is 0.000001000. The Morgan fingerprint density at radius 3 is 2.64 bits per heavy atom. The molecule has 0 amide bonds. The van der Waals surface area contributed by atoms with Gasteiger partial charge in [-0.2, -0.15) is 0 Å². The highest BCUT2D eigenvalue weighted by Crippen LogP contribution is 2.24. The summed E-state index contributed by atoms with van der Waals surface area (Å²) in [6, 6.07) is 0.354. The van der Waals surface area contributed by atoms with E-state index in [4.69, 9.17) is 11.5 Å². The standard InChI is InChI=1S/C8H14NO.HI/c1-3-8-4-5-9(8,2)6-7-10;/h1,8,10H,4-7H2,2H3;1H/q+1;/p-1/t8-,9?;/m0./s1. The molecule has 1 heterocycles. The van der Waals surface area contributed by atoms with E-state index in [0.29, 0.717) is 6.04 Å². The average molecular weight is 267 g/mol. The van der Waals surface area contributed by atoms with E-state index in [1.165, 1.54) is 0 Å². The van der Waals surface area contributed by atoms with E-state index in [1.807, 2.05) is 0 Å². The van der Waals surface area contributed by atoms with Crippen LogP contribution in [0.4, 0.5) is 0 Å². The lowest BCUT2D eigenvalue weighted by Crippen LogP contribution is -3.00. The first-order valence-corrected chi connectivity index (χ1v) is 3.64. The molecule has 11 heavy (non-hydrogen) atoms. The van der Waals surface area contributed by atoms with Crippen molar-refractivity contribution in [1.29, 1.82) is 0 Å². The number of aliphatic hydroxyl groups is 1. The molecule has 1 aliphatic heterocycles. The minimum absolute atomic E-state index is 0. The molecule has 0 aliphatic carbocycles. The van der Waals surface area contributed by atoms with Crippen molar-refractivity contribution < 1.29 is 33.6 Å². The normalized spacial score (nSPS) is 34.8. The highest BCUT2D eigenvalue weighted by Gasteiger charge is 2.40. The van der Waals surface area contributed by atoms with Crippen molar-refractivity contribution in [3.63, 3.8) is 0 Å². The summed E-state index contributed by atoms with van der Waals surface area (Å²) in [5, 5.41) is 8.70. The SMILES string of the molecule is C#C[C@H]1CC[N+]1(C)CCO.[I-]. The Morgan fingerprint density at radius 2 is 2.36 bits per heavy atom. The number of nitrogens with zero attached hydrogens (tertiary/aromatic N) is 1. The first kappa shape index (κ1) is 11.2. The minimum atomic E-state index is 0. The van der Waals surface area contributed by atoms with Gasteiger partial charge in [0.2, 0.25) is 0 Å². The quantitative estimate of drug-likeness (QED) is 0.318. The Bertz CT molecular complexity index is 166. The number of likely N-dealkylation sites (tertiary alicyclic amines) is 1. The highest BCUT2D eigenvalue weighted by atomic mass is 127. The molecule has 3 heteroatoms. The predicted octanol–water partition coefficient (Wildman–Crippen LogP) is -3.17. The molecule has 1 unspecified atom stereocenters. The van der Waals surface area contributed by atoms with Crippen LogP contribution in [0.2, 0.25) is 0 Å². The largest absolute Gasteiger partial charge is 1.00 e. The highest BCUT2D eigenvalue weighted by molar-refractivity contribution is 4.98. The van der Waals surface area contributed by atoms with Gasteiger partial charge in [0.25, 0.3) is 0 Å². The van der Waals surface area contributed by atoms with E-state index in [2.05, 4.69) is 13.0 Å². The number of hydrogen-bond acceptors (Lipinski definition) is 1. The van der Waals surface area contributed by atoms with Crippen LogP contribution in [-0.2, 0) is 0 Å². The zero-order chi connectivity index (χ0) is 7.61. The summed E-state index contributed by atoms with van der Waals surface area (Å²) in [5.74, 6) is 2.74. The van der Waals surface area contributed by atoms with Crippen LogP contribution >= 0.6 is 0 Å². The number of quaternary nitrogens is 1. The first-order valence-electron chi connectivity index (χ1n) is 3.64. The van der Waals surface area contributed by atoms with E-state index in [0.717, 1.165) is 24.0 Å². The van der Waals surface area contributed by atoms with Crippen LogP contribution < -0.4 is 24.0 Å². The van der Waals surface area contributed by atoms with Gasteiger partial charge in [-0.25, -0.2) is 0 Å². The molecule has 2 atom stereocenters. The van der Waals surface area contributed by atoms with Gasteiger partial charge in [-0.3, -0.25) is 0 Å². The summed E-state index contributed by atoms with van der Waals surface area (Å²) >= 11 is 0. The lowest BCUT2D eigenvalue weighted by molar-refractivity contribution is -0.964. The Morgan fingerprint density at radius 1 is 1.73 bits per heavy atom. The number of likely N-dealkylation sites (N-methyl/N-ethyl adjacent to an activating group) is 1. The molecule has 2 nitrogen and oxygen atoms in total. The van der Waals surface area contributed by atoms with Gasteiger partial charge in [-0.1, -0.05) is 0 Å². The molecule has 1 aliphatic rings. The van der Waals surface area contributed by atoms with Crippen molar-refractivity contribution in [2.45, 2.75) is 12.5 Å². The fourth-order valence-electron chi connectivity index (χ4n) is 1.46. The molecule has 0 spiro atoms. The van der Waals surface area contributed by atoms with E-state index < -0.39 is 0 Å². The van der Waals surface area contributed by atoms with E-state index in [1.54, 1.807) is 0 Å². The number of terminal acetylenes is 1. The minimum Gasteiger partial charge on any atom is -1.00 e. The third-order valence-corrected chi connectivity index (χ3v) is 2.47. The number of halogens is 1. The summed E-state index contributed by atoms with van der Waals surface area (Å²) in [6.45, 7) is 2.17. The molecule has 0 saturated carbocycles. The second-order valence-electron chi connectivity index (χ2n) is 3.12. The van der Waals surface area contributed by atoms with Crippen molar-refractivity contribution in [1.82, 2.24) is 0 Å². The molecule has 0 bridgehead atoms. The van der Waals surface area contributed by atoms with Crippen molar-refractivity contribution in [2.75, 3.05) is 26.7 Å². The van der Waals surface area contributed by atoms with E-state index in [-0.39, 0.29) is 30.6 Å². The first-order chi connectivity index (χ1) is 4.73. The fraction of sp³-hybridized carbons (Fsp3) is 0.750. The average Bonchev–Trinajstić information content (AvgIpc) is 1.88. The number of rotatable bonds is 2. The maximum Gasteiger partial charge on any atom is 0.156 e. The molecule has 0 aromatic heterocycles. The van der Waals surface area contributed by atoms with Crippen LogP contribution in [0.3, 0.4) is 0 Å². The zero-order valence-electron chi connectivity index (χ0n) is 6.76. The lowest BCUT2D eigenvalue weighted by atomic mass is 10.00. The Labute approximate surface area is 85.2 Å². The monoisotopic (exact) mass is 267 g/mol. The molecule has 0 radical (unpaired) electrons. The van der Waals surface area contributed by atoms with Crippen molar-refractivity contribution in [3.8, 4) is 12.3 Å². The summed E-state index contributed by atoms with van der Waals surface area (Å²) in [5.41, 5.74) is 0. The van der Waals surface area contributed by atoms with Gasteiger partial charge < -0.3 is 33.6 Å². The summed E-state index contributed by atoms with van der Waals surface area (Å²) in [6.07, 6.45) is 6.41. The third kappa shape index (κ3) is 2.08. The molecular weight excluding hydrogens is 253 g/mol. The topological polar surface area (TPSA) is 20.2 Å². The lowest BCUT2D eigenvalue weighted by Gasteiger charge is -2.46. The van der Waals surface area contributed by atoms with Crippen molar-refractivity contribution in [3.05, 3.63) is 0 Å². The maximum absolute atomic E-state index is 8.70. The molecule has 0 aromatic carbocycles. The van der Waals surface area contributed by atoms with Gasteiger partial charge in [-0.15, -0.1) is 6.42 Å². The molecule has 64 valence electrons. The smallest absolute Gasteiger partial charge is 0.156 e. The fourth-order valence-corrected chi connectivity index (χ4v) is 1.46. The van der Waals surface area contributed by atoms with Gasteiger partial charge >= 0.3 is 0 Å². The molecule has 1 N–H and O–H groups in total. The van der Waals surface area contributed by atoms with E-state index >= 15 is 0 Å². The summed E-state index contributed by atoms with van der Waals surface area (Å²) < 4.78 is 0.868. The second kappa shape index (κ2) is 4.29. The van der Waals surface area contributed by atoms with Crippen LogP contribution in [-0.4, -0.2) is 42.4 Å². The molecule has 0 aromatic rings. The molecular formula is C8H14INO. The van der Waals surface area contributed by atoms with Gasteiger partial charge in [0, 0.05) is 0 Å². The Kier molecular flexibility index (Phi) is 4.37. The van der Waals surface area contributed by atoms with Gasteiger partial charge in [0.1, 0.15) is 6.54 Å². The van der Waals surface area contributed by atoms with Gasteiger partial charge in [0.05, 0.1) is 26.6 Å².